The van der Waals surface area contributed by atoms with Crippen LogP contribution in [0.15, 0.2) is 36.5 Å². The summed E-state index contributed by atoms with van der Waals surface area (Å²) in [6.07, 6.45) is 3.20. The third-order valence-corrected chi connectivity index (χ3v) is 4.17. The van der Waals surface area contributed by atoms with E-state index in [2.05, 4.69) is 4.98 Å². The van der Waals surface area contributed by atoms with Crippen LogP contribution < -0.4 is 0 Å². The van der Waals surface area contributed by atoms with E-state index in [0.717, 1.165) is 23.7 Å². The van der Waals surface area contributed by atoms with Crippen molar-refractivity contribution in [3.63, 3.8) is 0 Å². The molecule has 0 bridgehead atoms. The lowest BCUT2D eigenvalue weighted by Crippen LogP contribution is -2.42. The van der Waals surface area contributed by atoms with E-state index in [0.29, 0.717) is 25.3 Å². The number of nitrogens with zero attached hydrogens (tertiary/aromatic N) is 2. The molecule has 1 atom stereocenters. The summed E-state index contributed by atoms with van der Waals surface area (Å²) < 4.78 is 5.08. The van der Waals surface area contributed by atoms with Crippen molar-refractivity contribution in [2.75, 3.05) is 19.7 Å². The smallest absolute Gasteiger partial charge is 0.310 e. The predicted molar refractivity (Wildman–Crippen MR) is 87.0 cm³/mol. The molecule has 2 aromatic rings. The first-order valence-electron chi connectivity index (χ1n) is 7.99. The molecular formula is C18H20N2O3. The molecule has 23 heavy (non-hydrogen) atoms. The van der Waals surface area contributed by atoms with E-state index >= 15 is 0 Å². The third-order valence-electron chi connectivity index (χ3n) is 4.17. The maximum absolute atomic E-state index is 12.7. The van der Waals surface area contributed by atoms with Gasteiger partial charge in [0, 0.05) is 24.7 Å². The Labute approximate surface area is 135 Å². The number of benzene rings is 1. The first kappa shape index (κ1) is 15.5. The number of pyridine rings is 1. The van der Waals surface area contributed by atoms with Gasteiger partial charge in [0.05, 0.1) is 23.6 Å². The lowest BCUT2D eigenvalue weighted by molar-refractivity contribution is -0.149. The Bertz CT molecular complexity index is 729. The van der Waals surface area contributed by atoms with Crippen LogP contribution in [0.5, 0.6) is 0 Å². The fourth-order valence-corrected chi connectivity index (χ4v) is 2.98. The Hall–Kier alpha value is -2.43. The molecule has 1 aromatic heterocycles. The van der Waals surface area contributed by atoms with Crippen LogP contribution in [-0.2, 0) is 9.53 Å². The summed E-state index contributed by atoms with van der Waals surface area (Å²) in [5.41, 5.74) is 1.43. The molecule has 2 heterocycles. The monoisotopic (exact) mass is 312 g/mol. The lowest BCUT2D eigenvalue weighted by atomic mass is 9.97. The Kier molecular flexibility index (Phi) is 4.55. The van der Waals surface area contributed by atoms with Gasteiger partial charge in [-0.2, -0.15) is 0 Å². The van der Waals surface area contributed by atoms with E-state index in [1.165, 1.54) is 0 Å². The van der Waals surface area contributed by atoms with E-state index in [4.69, 9.17) is 4.74 Å². The maximum Gasteiger partial charge on any atom is 0.310 e. The molecule has 1 aliphatic heterocycles. The van der Waals surface area contributed by atoms with Crippen LogP contribution in [0.25, 0.3) is 10.9 Å². The first-order chi connectivity index (χ1) is 11.2. The minimum Gasteiger partial charge on any atom is -0.466 e. The number of hydrogen-bond donors (Lipinski definition) is 0. The van der Waals surface area contributed by atoms with E-state index < -0.39 is 0 Å². The van der Waals surface area contributed by atoms with Crippen molar-refractivity contribution in [1.29, 1.82) is 0 Å². The Balaban J connectivity index is 1.77. The third kappa shape index (κ3) is 3.33. The zero-order chi connectivity index (χ0) is 16.2. The molecule has 0 N–H and O–H groups in total. The summed E-state index contributed by atoms with van der Waals surface area (Å²) in [7, 11) is 0. The van der Waals surface area contributed by atoms with Gasteiger partial charge in [0.1, 0.15) is 0 Å². The fraction of sp³-hybridized carbons (Fsp3) is 0.389. The number of esters is 1. The van der Waals surface area contributed by atoms with Gasteiger partial charge in [0.15, 0.2) is 0 Å². The minimum atomic E-state index is -0.221. The summed E-state index contributed by atoms with van der Waals surface area (Å²) in [5.74, 6) is -0.500. The number of rotatable bonds is 3. The summed E-state index contributed by atoms with van der Waals surface area (Å²) in [6, 6.07) is 9.57. The van der Waals surface area contributed by atoms with Crippen molar-refractivity contribution in [3.8, 4) is 0 Å². The SMILES string of the molecule is CCOC(=O)C1CCCN(C(=O)c2cnc3ccccc3c2)C1. The van der Waals surface area contributed by atoms with Gasteiger partial charge in [-0.25, -0.2) is 0 Å². The molecule has 1 aromatic carbocycles. The van der Waals surface area contributed by atoms with Crippen molar-refractivity contribution < 1.29 is 14.3 Å². The lowest BCUT2D eigenvalue weighted by Gasteiger charge is -2.31. The quantitative estimate of drug-likeness (QED) is 0.818. The summed E-state index contributed by atoms with van der Waals surface area (Å²) in [4.78, 5) is 30.7. The highest BCUT2D eigenvalue weighted by atomic mass is 16.5. The van der Waals surface area contributed by atoms with Crippen LogP contribution in [0.3, 0.4) is 0 Å². The van der Waals surface area contributed by atoms with Crippen LogP contribution >= 0.6 is 0 Å². The highest BCUT2D eigenvalue weighted by molar-refractivity contribution is 5.97. The van der Waals surface area contributed by atoms with Crippen LogP contribution in [0.1, 0.15) is 30.1 Å². The molecule has 0 aliphatic carbocycles. The number of likely N-dealkylation sites (tertiary alicyclic amines) is 1. The predicted octanol–water partition coefficient (Wildman–Crippen LogP) is 2.65. The zero-order valence-corrected chi connectivity index (χ0v) is 13.2. The van der Waals surface area contributed by atoms with Crippen LogP contribution in [0, 0.1) is 5.92 Å². The second-order valence-corrected chi connectivity index (χ2v) is 5.76. The highest BCUT2D eigenvalue weighted by Crippen LogP contribution is 2.21. The molecule has 1 aliphatic rings. The normalized spacial score (nSPS) is 18.0. The van der Waals surface area contributed by atoms with Crippen LogP contribution in [-0.4, -0.2) is 41.5 Å². The van der Waals surface area contributed by atoms with Gasteiger partial charge in [0.2, 0.25) is 0 Å². The molecule has 3 rings (SSSR count). The number of piperidine rings is 1. The molecule has 1 unspecified atom stereocenters. The van der Waals surface area contributed by atoms with E-state index in [1.807, 2.05) is 30.3 Å². The second-order valence-electron chi connectivity index (χ2n) is 5.76. The number of carbonyl (C=O) groups is 2. The van der Waals surface area contributed by atoms with Crippen molar-refractivity contribution in [1.82, 2.24) is 9.88 Å². The number of para-hydroxylation sites is 1. The molecule has 0 saturated carbocycles. The molecule has 0 spiro atoms. The van der Waals surface area contributed by atoms with Crippen molar-refractivity contribution in [2.45, 2.75) is 19.8 Å². The number of ether oxygens (including phenoxy) is 1. The minimum absolute atomic E-state index is 0.0720. The van der Waals surface area contributed by atoms with Gasteiger partial charge in [-0.15, -0.1) is 0 Å². The topological polar surface area (TPSA) is 59.5 Å². The Morgan fingerprint density at radius 1 is 1.35 bits per heavy atom. The van der Waals surface area contributed by atoms with Crippen molar-refractivity contribution >= 4 is 22.8 Å². The second kappa shape index (κ2) is 6.77. The molecule has 5 heteroatoms. The molecule has 120 valence electrons. The number of amides is 1. The molecule has 1 fully saturated rings. The first-order valence-corrected chi connectivity index (χ1v) is 7.99. The van der Waals surface area contributed by atoms with Crippen LogP contribution in [0.2, 0.25) is 0 Å². The Morgan fingerprint density at radius 3 is 3.00 bits per heavy atom. The van der Waals surface area contributed by atoms with E-state index in [9.17, 15) is 9.59 Å². The van der Waals surface area contributed by atoms with Crippen molar-refractivity contribution in [2.24, 2.45) is 5.92 Å². The van der Waals surface area contributed by atoms with Gasteiger partial charge < -0.3 is 9.64 Å². The zero-order valence-electron chi connectivity index (χ0n) is 13.2. The average molecular weight is 312 g/mol. The largest absolute Gasteiger partial charge is 0.466 e. The number of fused-ring (bicyclic) bond motifs is 1. The molecule has 0 radical (unpaired) electrons. The van der Waals surface area contributed by atoms with Gasteiger partial charge in [-0.3, -0.25) is 14.6 Å². The number of carbonyl (C=O) groups excluding carboxylic acids is 2. The van der Waals surface area contributed by atoms with E-state index in [1.54, 1.807) is 18.0 Å². The summed E-state index contributed by atoms with van der Waals surface area (Å²) in [6.45, 7) is 3.26. The highest BCUT2D eigenvalue weighted by Gasteiger charge is 2.29. The van der Waals surface area contributed by atoms with E-state index in [-0.39, 0.29) is 17.8 Å². The Morgan fingerprint density at radius 2 is 2.17 bits per heavy atom. The molecule has 5 nitrogen and oxygen atoms in total. The van der Waals surface area contributed by atoms with Gasteiger partial charge in [0.25, 0.3) is 5.91 Å². The number of hydrogen-bond acceptors (Lipinski definition) is 4. The maximum atomic E-state index is 12.7. The van der Waals surface area contributed by atoms with Gasteiger partial charge in [-0.05, 0) is 31.9 Å². The fourth-order valence-electron chi connectivity index (χ4n) is 2.98. The van der Waals surface area contributed by atoms with Gasteiger partial charge in [-0.1, -0.05) is 18.2 Å². The summed E-state index contributed by atoms with van der Waals surface area (Å²) >= 11 is 0. The molecular weight excluding hydrogens is 292 g/mol. The molecule has 1 amide bonds. The van der Waals surface area contributed by atoms with Crippen LogP contribution in [0.4, 0.5) is 0 Å². The van der Waals surface area contributed by atoms with Crippen molar-refractivity contribution in [3.05, 3.63) is 42.1 Å². The average Bonchev–Trinajstić information content (AvgIpc) is 2.61. The summed E-state index contributed by atoms with van der Waals surface area (Å²) in [5, 5.41) is 0.942. The van der Waals surface area contributed by atoms with Gasteiger partial charge >= 0.3 is 5.97 Å². The standard InChI is InChI=1S/C18H20N2O3/c1-2-23-18(22)14-7-5-9-20(12-14)17(21)15-10-13-6-3-4-8-16(13)19-11-15/h3-4,6,8,10-11,14H,2,5,7,9,12H2,1H3. The molecule has 1 saturated heterocycles. The number of aromatic nitrogens is 1.